The van der Waals surface area contributed by atoms with Gasteiger partial charge in [0.15, 0.2) is 0 Å². The maximum absolute atomic E-state index is 2.40. The summed E-state index contributed by atoms with van der Waals surface area (Å²) in [6.45, 7) is 2.28. The SMILES string of the molecule is Cc1c(-c2ccc3c(c2)c2cc(-c4ccccc4)ccc2n3-c2ccccc2)cccc1-c1ccc2c(c1)c1cc(-c3ccccc3)ccc1n2-c1ccccc1. The highest BCUT2D eigenvalue weighted by molar-refractivity contribution is 6.13. The molecule has 0 saturated carbocycles. The normalized spacial score (nSPS) is 11.6. The van der Waals surface area contributed by atoms with Gasteiger partial charge in [-0.3, -0.25) is 0 Å². The molecule has 2 nitrogen and oxygen atoms in total. The first-order valence-electron chi connectivity index (χ1n) is 19.7. The van der Waals surface area contributed by atoms with E-state index in [4.69, 9.17) is 0 Å². The molecule has 9 aromatic carbocycles. The Balaban J connectivity index is 1.08. The van der Waals surface area contributed by atoms with Crippen LogP contribution in [0.4, 0.5) is 0 Å². The Hall–Kier alpha value is -7.42. The Morgan fingerprint density at radius 2 is 0.579 bits per heavy atom. The van der Waals surface area contributed by atoms with Gasteiger partial charge >= 0.3 is 0 Å². The third-order valence-corrected chi connectivity index (χ3v) is 11.7. The average Bonchev–Trinajstić information content (AvgIpc) is 3.79. The third-order valence-electron chi connectivity index (χ3n) is 11.7. The van der Waals surface area contributed by atoms with Gasteiger partial charge in [0.05, 0.1) is 22.1 Å². The molecule has 2 aromatic heterocycles. The lowest BCUT2D eigenvalue weighted by molar-refractivity contribution is 1.18. The number of hydrogen-bond acceptors (Lipinski definition) is 0. The highest BCUT2D eigenvalue weighted by Gasteiger charge is 2.18. The van der Waals surface area contributed by atoms with Crippen molar-refractivity contribution in [1.29, 1.82) is 0 Å². The predicted molar refractivity (Wildman–Crippen MR) is 242 cm³/mol. The minimum Gasteiger partial charge on any atom is -0.309 e. The van der Waals surface area contributed by atoms with E-state index in [0.717, 1.165) is 11.4 Å². The van der Waals surface area contributed by atoms with Gasteiger partial charge in [-0.2, -0.15) is 0 Å². The Kier molecular flexibility index (Phi) is 7.75. The number of benzene rings is 9. The van der Waals surface area contributed by atoms with Crippen molar-refractivity contribution in [3.8, 4) is 55.9 Å². The van der Waals surface area contributed by atoms with Crippen LogP contribution in [0.3, 0.4) is 0 Å². The first-order valence-corrected chi connectivity index (χ1v) is 19.7. The zero-order valence-corrected chi connectivity index (χ0v) is 31.6. The molecule has 2 heteroatoms. The second-order valence-corrected chi connectivity index (χ2v) is 15.0. The number of fused-ring (bicyclic) bond motifs is 6. The summed E-state index contributed by atoms with van der Waals surface area (Å²) >= 11 is 0. The topological polar surface area (TPSA) is 9.86 Å². The van der Waals surface area contributed by atoms with E-state index in [9.17, 15) is 0 Å². The maximum Gasteiger partial charge on any atom is 0.0541 e. The first kappa shape index (κ1) is 33.0. The molecule has 0 amide bonds. The number of nitrogens with zero attached hydrogens (tertiary/aromatic N) is 2. The third kappa shape index (κ3) is 5.49. The highest BCUT2D eigenvalue weighted by atomic mass is 15.0. The molecule has 0 unspecified atom stereocenters. The quantitative estimate of drug-likeness (QED) is 0.161. The summed E-state index contributed by atoms with van der Waals surface area (Å²) in [6.07, 6.45) is 0. The molecule has 11 aromatic rings. The zero-order chi connectivity index (χ0) is 37.9. The van der Waals surface area contributed by atoms with Crippen LogP contribution in [-0.2, 0) is 0 Å². The van der Waals surface area contributed by atoms with Crippen molar-refractivity contribution >= 4 is 43.6 Å². The van der Waals surface area contributed by atoms with E-state index in [-0.39, 0.29) is 0 Å². The summed E-state index contributed by atoms with van der Waals surface area (Å²) in [5, 5.41) is 5.00. The number of para-hydroxylation sites is 2. The van der Waals surface area contributed by atoms with Crippen molar-refractivity contribution in [3.63, 3.8) is 0 Å². The van der Waals surface area contributed by atoms with Gasteiger partial charge in [-0.1, -0.05) is 140 Å². The summed E-state index contributed by atoms with van der Waals surface area (Å²) in [4.78, 5) is 0. The maximum atomic E-state index is 2.40. The van der Waals surface area contributed by atoms with Crippen molar-refractivity contribution in [2.24, 2.45) is 0 Å². The summed E-state index contributed by atoms with van der Waals surface area (Å²) in [6, 6.07) is 77.4. The van der Waals surface area contributed by atoms with Gasteiger partial charge in [-0.25, -0.2) is 0 Å². The summed E-state index contributed by atoms with van der Waals surface area (Å²) < 4.78 is 4.80. The summed E-state index contributed by atoms with van der Waals surface area (Å²) in [5.74, 6) is 0. The van der Waals surface area contributed by atoms with Crippen LogP contribution in [0.5, 0.6) is 0 Å². The van der Waals surface area contributed by atoms with E-state index in [0.29, 0.717) is 0 Å². The van der Waals surface area contributed by atoms with Crippen LogP contribution in [-0.4, -0.2) is 9.13 Å². The molecule has 0 saturated heterocycles. The van der Waals surface area contributed by atoms with Crippen molar-refractivity contribution in [2.45, 2.75) is 6.92 Å². The monoisotopic (exact) mass is 726 g/mol. The Labute approximate surface area is 332 Å². The van der Waals surface area contributed by atoms with Gasteiger partial charge in [0.2, 0.25) is 0 Å². The van der Waals surface area contributed by atoms with Crippen molar-refractivity contribution in [2.75, 3.05) is 0 Å². The molecule has 11 rings (SSSR count). The second kappa shape index (κ2) is 13.4. The fraction of sp³-hybridized carbons (Fsp3) is 0.0182. The lowest BCUT2D eigenvalue weighted by Gasteiger charge is -2.13. The molecule has 57 heavy (non-hydrogen) atoms. The summed E-state index contributed by atoms with van der Waals surface area (Å²) in [5.41, 5.74) is 18.2. The minimum atomic E-state index is 1.16. The van der Waals surface area contributed by atoms with E-state index >= 15 is 0 Å². The minimum absolute atomic E-state index is 1.16. The molecule has 0 radical (unpaired) electrons. The molecule has 268 valence electrons. The molecular formula is C55H38N2. The smallest absolute Gasteiger partial charge is 0.0541 e. The van der Waals surface area contributed by atoms with E-state index in [1.165, 1.54) is 93.7 Å². The molecule has 0 aliphatic heterocycles. The molecule has 0 spiro atoms. The fourth-order valence-corrected chi connectivity index (χ4v) is 8.97. The zero-order valence-electron chi connectivity index (χ0n) is 31.6. The van der Waals surface area contributed by atoms with E-state index in [2.05, 4.69) is 228 Å². The van der Waals surface area contributed by atoms with Gasteiger partial charge in [0, 0.05) is 32.9 Å². The average molecular weight is 727 g/mol. The molecule has 2 heterocycles. The van der Waals surface area contributed by atoms with Gasteiger partial charge in [0.1, 0.15) is 0 Å². The Morgan fingerprint density at radius 3 is 0.947 bits per heavy atom. The number of aromatic nitrogens is 2. The standard InChI is InChI=1S/C55H38N2/c1-37-46(42-27-31-54-50(35-42)48-33-40(38-15-6-2-7-16-38)25-29-52(48)56(54)44-19-10-4-11-20-44)23-14-24-47(37)43-28-32-55-51(36-43)49-34-41(39-17-8-3-9-18-39)26-30-53(49)57(55)45-21-12-5-13-22-45/h2-36H,1H3. The first-order chi connectivity index (χ1) is 28.2. The largest absolute Gasteiger partial charge is 0.309 e. The molecule has 0 aliphatic rings. The van der Waals surface area contributed by atoms with Crippen LogP contribution in [0.15, 0.2) is 212 Å². The number of hydrogen-bond donors (Lipinski definition) is 0. The van der Waals surface area contributed by atoms with E-state index < -0.39 is 0 Å². The van der Waals surface area contributed by atoms with E-state index in [1.807, 2.05) is 0 Å². The fourth-order valence-electron chi connectivity index (χ4n) is 8.97. The lowest BCUT2D eigenvalue weighted by atomic mass is 9.91. The predicted octanol–water partition coefficient (Wildman–Crippen LogP) is 14.9. The van der Waals surface area contributed by atoms with E-state index in [1.54, 1.807) is 0 Å². The van der Waals surface area contributed by atoms with Crippen LogP contribution in [0.2, 0.25) is 0 Å². The molecular weight excluding hydrogens is 689 g/mol. The Bertz CT molecular complexity index is 3040. The van der Waals surface area contributed by atoms with Gasteiger partial charge in [0.25, 0.3) is 0 Å². The number of rotatable bonds is 6. The van der Waals surface area contributed by atoms with Crippen molar-refractivity contribution < 1.29 is 0 Å². The molecule has 0 atom stereocenters. The van der Waals surface area contributed by atoms with Gasteiger partial charge < -0.3 is 9.13 Å². The molecule has 0 aliphatic carbocycles. The van der Waals surface area contributed by atoms with Gasteiger partial charge in [-0.15, -0.1) is 0 Å². The van der Waals surface area contributed by atoms with Gasteiger partial charge in [-0.05, 0) is 130 Å². The van der Waals surface area contributed by atoms with Crippen molar-refractivity contribution in [1.82, 2.24) is 9.13 Å². The molecule has 0 bridgehead atoms. The molecule has 0 N–H and O–H groups in total. The highest BCUT2D eigenvalue weighted by Crippen LogP contribution is 2.41. The lowest BCUT2D eigenvalue weighted by Crippen LogP contribution is -1.94. The van der Waals surface area contributed by atoms with Crippen LogP contribution >= 0.6 is 0 Å². The van der Waals surface area contributed by atoms with Crippen molar-refractivity contribution in [3.05, 3.63) is 218 Å². The molecule has 0 fully saturated rings. The Morgan fingerprint density at radius 1 is 0.263 bits per heavy atom. The van der Waals surface area contributed by atoms with Crippen LogP contribution in [0.25, 0.3) is 99.5 Å². The van der Waals surface area contributed by atoms with Crippen LogP contribution < -0.4 is 0 Å². The second-order valence-electron chi connectivity index (χ2n) is 15.0. The summed E-state index contributed by atoms with van der Waals surface area (Å²) in [7, 11) is 0. The van der Waals surface area contributed by atoms with Crippen LogP contribution in [0.1, 0.15) is 5.56 Å². The van der Waals surface area contributed by atoms with Crippen LogP contribution in [0, 0.1) is 6.92 Å².